The summed E-state index contributed by atoms with van der Waals surface area (Å²) in [5.74, 6) is 0. The van der Waals surface area contributed by atoms with Crippen LogP contribution in [0.25, 0.3) is 0 Å². The first-order valence-corrected chi connectivity index (χ1v) is 7.91. The third-order valence-electron chi connectivity index (χ3n) is 3.70. The largest absolute Gasteiger partial charge is 0.395 e. The molecule has 0 heterocycles. The number of aliphatic hydroxyl groups is 2. The molecule has 0 radical (unpaired) electrons. The second-order valence-corrected chi connectivity index (χ2v) is 8.22. The van der Waals surface area contributed by atoms with E-state index in [0.29, 0.717) is 19.4 Å². The number of ether oxygens (including phenoxy) is 1. The van der Waals surface area contributed by atoms with Gasteiger partial charge in [0.2, 0.25) is 0 Å². The van der Waals surface area contributed by atoms with E-state index in [1.807, 2.05) is 6.92 Å². The molecule has 5 nitrogen and oxygen atoms in total. The Balaban J connectivity index is 2.72. The number of hydrogen-bond donors (Lipinski definition) is 2. The van der Waals surface area contributed by atoms with Crippen molar-refractivity contribution >= 4 is 9.84 Å². The minimum Gasteiger partial charge on any atom is -0.395 e. The average molecular weight is 280 g/mol. The van der Waals surface area contributed by atoms with Crippen LogP contribution in [0.2, 0.25) is 0 Å². The maximum absolute atomic E-state index is 12.5. The van der Waals surface area contributed by atoms with Gasteiger partial charge >= 0.3 is 0 Å². The Bertz CT molecular complexity index is 355. The van der Waals surface area contributed by atoms with Crippen LogP contribution >= 0.6 is 0 Å². The number of sulfone groups is 1. The van der Waals surface area contributed by atoms with Crippen molar-refractivity contribution in [2.75, 3.05) is 26.4 Å². The molecule has 1 aliphatic carbocycles. The van der Waals surface area contributed by atoms with Crippen LogP contribution in [0.15, 0.2) is 0 Å². The first-order valence-electron chi connectivity index (χ1n) is 6.43. The Morgan fingerprint density at radius 2 is 1.83 bits per heavy atom. The van der Waals surface area contributed by atoms with Crippen molar-refractivity contribution in [2.45, 2.75) is 49.0 Å². The molecule has 6 heteroatoms. The Labute approximate surface area is 109 Å². The number of rotatable bonds is 9. The van der Waals surface area contributed by atoms with E-state index in [9.17, 15) is 18.6 Å². The first-order chi connectivity index (χ1) is 8.39. The third kappa shape index (κ3) is 2.71. The maximum Gasteiger partial charge on any atom is 0.168 e. The Kier molecular flexibility index (Phi) is 5.17. The minimum atomic E-state index is -3.60. The van der Waals surface area contributed by atoms with Crippen LogP contribution < -0.4 is 0 Å². The van der Waals surface area contributed by atoms with E-state index in [4.69, 9.17) is 4.74 Å². The van der Waals surface area contributed by atoms with Gasteiger partial charge in [0, 0.05) is 6.61 Å². The Morgan fingerprint density at radius 3 is 2.22 bits per heavy atom. The predicted molar refractivity (Wildman–Crippen MR) is 69.2 cm³/mol. The molecule has 0 bridgehead atoms. The van der Waals surface area contributed by atoms with Gasteiger partial charge in [-0.05, 0) is 26.2 Å². The van der Waals surface area contributed by atoms with Gasteiger partial charge in [-0.2, -0.15) is 0 Å². The monoisotopic (exact) mass is 280 g/mol. The minimum absolute atomic E-state index is 0.172. The van der Waals surface area contributed by atoms with E-state index >= 15 is 0 Å². The highest BCUT2D eigenvalue weighted by atomic mass is 32.2. The summed E-state index contributed by atoms with van der Waals surface area (Å²) in [4.78, 5) is 0. The second-order valence-electron chi connectivity index (χ2n) is 5.36. The van der Waals surface area contributed by atoms with Crippen LogP contribution in [-0.4, -0.2) is 54.6 Å². The molecule has 0 saturated heterocycles. The van der Waals surface area contributed by atoms with E-state index in [2.05, 4.69) is 0 Å². The molecule has 0 amide bonds. The predicted octanol–water partition coefficient (Wildman–Crippen LogP) is 0.494. The van der Waals surface area contributed by atoms with Gasteiger partial charge < -0.3 is 14.9 Å². The van der Waals surface area contributed by atoms with E-state index in [1.165, 1.54) is 6.92 Å². The summed E-state index contributed by atoms with van der Waals surface area (Å²) < 4.78 is 28.0. The molecular weight excluding hydrogens is 256 g/mol. The van der Waals surface area contributed by atoms with Crippen molar-refractivity contribution in [3.05, 3.63) is 0 Å². The molecule has 1 aliphatic rings. The highest BCUT2D eigenvalue weighted by molar-refractivity contribution is 7.94. The van der Waals surface area contributed by atoms with Gasteiger partial charge in [-0.15, -0.1) is 0 Å². The molecule has 0 aromatic carbocycles. The summed E-state index contributed by atoms with van der Waals surface area (Å²) in [6.07, 6.45) is 3.02. The number of aliphatic hydroxyl groups excluding tert-OH is 2. The highest BCUT2D eigenvalue weighted by Crippen LogP contribution is 2.48. The van der Waals surface area contributed by atoms with Crippen molar-refractivity contribution in [3.63, 3.8) is 0 Å². The maximum atomic E-state index is 12.5. The summed E-state index contributed by atoms with van der Waals surface area (Å²) in [5, 5.41) is 18.5. The normalized spacial score (nSPS) is 18.9. The van der Waals surface area contributed by atoms with Gasteiger partial charge in [0.1, 0.15) is 4.75 Å². The van der Waals surface area contributed by atoms with Crippen molar-refractivity contribution in [3.8, 4) is 0 Å². The SMILES string of the molecule is CCCCOCC1(S(=O)(=O)C(C)(CO)CO)CC1. The van der Waals surface area contributed by atoms with E-state index in [0.717, 1.165) is 12.8 Å². The summed E-state index contributed by atoms with van der Waals surface area (Å²) >= 11 is 0. The zero-order valence-electron chi connectivity index (χ0n) is 11.2. The van der Waals surface area contributed by atoms with Crippen LogP contribution in [0, 0.1) is 0 Å². The third-order valence-corrected chi connectivity index (χ3v) is 6.92. The molecule has 0 aliphatic heterocycles. The van der Waals surface area contributed by atoms with Crippen molar-refractivity contribution in [1.82, 2.24) is 0 Å². The molecule has 18 heavy (non-hydrogen) atoms. The molecule has 0 unspecified atom stereocenters. The summed E-state index contributed by atoms with van der Waals surface area (Å²) in [6.45, 7) is 3.02. The van der Waals surface area contributed by atoms with Gasteiger partial charge in [0.15, 0.2) is 9.84 Å². The van der Waals surface area contributed by atoms with Crippen LogP contribution in [-0.2, 0) is 14.6 Å². The number of unbranched alkanes of at least 4 members (excludes halogenated alkanes) is 1. The zero-order chi connectivity index (χ0) is 13.9. The fourth-order valence-electron chi connectivity index (χ4n) is 1.88. The standard InChI is InChI=1S/C12H24O5S/c1-3-4-7-17-10-12(5-6-12)18(15,16)11(2,8-13)9-14/h13-14H,3-10H2,1-2H3. The van der Waals surface area contributed by atoms with Gasteiger partial charge in [-0.25, -0.2) is 8.42 Å². The lowest BCUT2D eigenvalue weighted by molar-refractivity contribution is 0.123. The van der Waals surface area contributed by atoms with Crippen LogP contribution in [0.1, 0.15) is 39.5 Å². The van der Waals surface area contributed by atoms with Gasteiger partial charge in [-0.1, -0.05) is 13.3 Å². The molecule has 1 fully saturated rings. The molecule has 1 rings (SSSR count). The van der Waals surface area contributed by atoms with Crippen molar-refractivity contribution in [1.29, 1.82) is 0 Å². The van der Waals surface area contributed by atoms with Crippen LogP contribution in [0.4, 0.5) is 0 Å². The fraction of sp³-hybridized carbons (Fsp3) is 1.00. The highest BCUT2D eigenvalue weighted by Gasteiger charge is 2.61. The zero-order valence-corrected chi connectivity index (χ0v) is 12.0. The molecule has 0 spiro atoms. The lowest BCUT2D eigenvalue weighted by atomic mass is 10.2. The van der Waals surface area contributed by atoms with E-state index in [1.54, 1.807) is 0 Å². The lowest BCUT2D eigenvalue weighted by Gasteiger charge is -2.30. The Morgan fingerprint density at radius 1 is 1.28 bits per heavy atom. The summed E-state index contributed by atoms with van der Waals surface area (Å²) in [6, 6.07) is 0. The quantitative estimate of drug-likeness (QED) is 0.601. The average Bonchev–Trinajstić information content (AvgIpc) is 3.15. The molecule has 108 valence electrons. The fourth-order valence-corrected chi connectivity index (χ4v) is 4.14. The molecule has 0 atom stereocenters. The van der Waals surface area contributed by atoms with Crippen molar-refractivity contribution in [2.24, 2.45) is 0 Å². The smallest absolute Gasteiger partial charge is 0.168 e. The summed E-state index contributed by atoms with van der Waals surface area (Å²) in [7, 11) is -3.60. The molecule has 0 aromatic rings. The molecule has 0 aromatic heterocycles. The molecular formula is C12H24O5S. The van der Waals surface area contributed by atoms with Gasteiger partial charge in [0.25, 0.3) is 0 Å². The molecule has 1 saturated carbocycles. The molecule has 2 N–H and O–H groups in total. The van der Waals surface area contributed by atoms with Gasteiger partial charge in [0.05, 0.1) is 24.6 Å². The Hall–Kier alpha value is -0.170. The second kappa shape index (κ2) is 5.86. The first kappa shape index (κ1) is 15.9. The summed E-state index contributed by atoms with van der Waals surface area (Å²) in [5.41, 5.74) is 0. The number of hydrogen-bond acceptors (Lipinski definition) is 5. The van der Waals surface area contributed by atoms with Crippen LogP contribution in [0.3, 0.4) is 0 Å². The van der Waals surface area contributed by atoms with Crippen molar-refractivity contribution < 1.29 is 23.4 Å². The van der Waals surface area contributed by atoms with Crippen LogP contribution in [0.5, 0.6) is 0 Å². The van der Waals surface area contributed by atoms with Gasteiger partial charge in [-0.3, -0.25) is 0 Å². The van der Waals surface area contributed by atoms with E-state index < -0.39 is 32.5 Å². The lowest BCUT2D eigenvalue weighted by Crippen LogP contribution is -2.50. The van der Waals surface area contributed by atoms with E-state index in [-0.39, 0.29) is 6.61 Å². The topological polar surface area (TPSA) is 83.8 Å².